The first kappa shape index (κ1) is 16.5. The van der Waals surface area contributed by atoms with Crippen LogP contribution in [0.2, 0.25) is 0 Å². The number of nitrogens with one attached hydrogen (secondary N) is 1. The largest absolute Gasteiger partial charge is 0.493 e. The molecule has 1 amide bonds. The van der Waals surface area contributed by atoms with E-state index in [2.05, 4.69) is 5.32 Å². The van der Waals surface area contributed by atoms with Gasteiger partial charge in [-0.15, -0.1) is 0 Å². The predicted molar refractivity (Wildman–Crippen MR) is 90.5 cm³/mol. The summed E-state index contributed by atoms with van der Waals surface area (Å²) in [6.45, 7) is 0.532. The molecule has 0 spiro atoms. The number of carbonyl (C=O) groups excluding carboxylic acids is 1. The minimum absolute atomic E-state index is 0.0588. The van der Waals surface area contributed by atoms with Gasteiger partial charge in [0.25, 0.3) is 0 Å². The number of hydrogen-bond donors (Lipinski definition) is 1. The zero-order valence-corrected chi connectivity index (χ0v) is 14.0. The molecule has 0 radical (unpaired) electrons. The number of amides is 1. The Morgan fingerprint density at radius 3 is 2.58 bits per heavy atom. The van der Waals surface area contributed by atoms with Gasteiger partial charge in [0.05, 0.1) is 23.3 Å². The molecule has 0 aliphatic carbocycles. The molecule has 6 heteroatoms. The molecule has 2 aromatic carbocycles. The molecule has 5 nitrogen and oxygen atoms in total. The fourth-order valence-corrected chi connectivity index (χ4v) is 3.99. The maximum absolute atomic E-state index is 12.2. The zero-order chi connectivity index (χ0) is 17.0. The van der Waals surface area contributed by atoms with Gasteiger partial charge in [0.1, 0.15) is 5.75 Å². The van der Waals surface area contributed by atoms with E-state index in [0.717, 1.165) is 11.3 Å². The third kappa shape index (κ3) is 3.76. The Kier molecular flexibility index (Phi) is 4.85. The van der Waals surface area contributed by atoms with Gasteiger partial charge in [0, 0.05) is 18.4 Å². The van der Waals surface area contributed by atoms with Crippen LogP contribution in [0.1, 0.15) is 24.4 Å². The van der Waals surface area contributed by atoms with Gasteiger partial charge in [-0.3, -0.25) is 4.79 Å². The summed E-state index contributed by atoms with van der Waals surface area (Å²) in [5.74, 6) is 0.301. The van der Waals surface area contributed by atoms with Gasteiger partial charge in [-0.1, -0.05) is 36.4 Å². The smallest absolute Gasteiger partial charge is 0.221 e. The standard InChI is InChI=1S/C18H19NO4S/c20-18(11-13-24(21,22)14-6-2-1-3-7-14)19-16-10-12-23-17-9-5-4-8-15(16)17/h1-9,16H,10-13H2,(H,19,20). The maximum atomic E-state index is 12.2. The zero-order valence-electron chi connectivity index (χ0n) is 13.1. The van der Waals surface area contributed by atoms with E-state index in [1.807, 2.05) is 24.3 Å². The van der Waals surface area contributed by atoms with Crippen LogP contribution in [0.3, 0.4) is 0 Å². The molecule has 2 aromatic rings. The van der Waals surface area contributed by atoms with E-state index in [4.69, 9.17) is 4.74 Å². The van der Waals surface area contributed by atoms with Crippen LogP contribution in [0.25, 0.3) is 0 Å². The van der Waals surface area contributed by atoms with Crippen LogP contribution in [0.4, 0.5) is 0 Å². The summed E-state index contributed by atoms with van der Waals surface area (Å²) in [6, 6.07) is 15.6. The molecule has 1 heterocycles. The summed E-state index contributed by atoms with van der Waals surface area (Å²) >= 11 is 0. The van der Waals surface area contributed by atoms with Crippen LogP contribution in [0.5, 0.6) is 5.75 Å². The molecule has 0 saturated heterocycles. The summed E-state index contributed by atoms with van der Waals surface area (Å²) in [5.41, 5.74) is 0.933. The topological polar surface area (TPSA) is 72.5 Å². The Hall–Kier alpha value is -2.34. The molecule has 0 fully saturated rings. The van der Waals surface area contributed by atoms with E-state index in [9.17, 15) is 13.2 Å². The maximum Gasteiger partial charge on any atom is 0.221 e. The van der Waals surface area contributed by atoms with Crippen molar-refractivity contribution in [1.29, 1.82) is 0 Å². The van der Waals surface area contributed by atoms with Crippen LogP contribution in [-0.4, -0.2) is 26.7 Å². The molecule has 24 heavy (non-hydrogen) atoms. The molecule has 126 valence electrons. The van der Waals surface area contributed by atoms with Crippen molar-refractivity contribution in [3.8, 4) is 5.75 Å². The number of sulfone groups is 1. The highest BCUT2D eigenvalue weighted by Gasteiger charge is 2.23. The summed E-state index contributed by atoms with van der Waals surface area (Å²) in [5, 5.41) is 2.92. The Morgan fingerprint density at radius 2 is 1.79 bits per heavy atom. The normalized spacial score (nSPS) is 16.8. The van der Waals surface area contributed by atoms with Crippen molar-refractivity contribution in [2.45, 2.75) is 23.8 Å². The van der Waals surface area contributed by atoms with Crippen LogP contribution in [-0.2, 0) is 14.6 Å². The Bertz CT molecular complexity index is 818. The summed E-state index contributed by atoms with van der Waals surface area (Å²) in [6.07, 6.45) is 0.616. The van der Waals surface area contributed by atoms with E-state index >= 15 is 0 Å². The molecule has 1 unspecified atom stereocenters. The monoisotopic (exact) mass is 345 g/mol. The molecule has 1 aliphatic rings. The van der Waals surface area contributed by atoms with Gasteiger partial charge in [-0.2, -0.15) is 0 Å². The molecule has 0 saturated carbocycles. The lowest BCUT2D eigenvalue weighted by molar-refractivity contribution is -0.121. The van der Waals surface area contributed by atoms with E-state index in [-0.39, 0.29) is 29.0 Å². The van der Waals surface area contributed by atoms with E-state index < -0.39 is 9.84 Å². The number of hydrogen-bond acceptors (Lipinski definition) is 4. The first-order valence-electron chi connectivity index (χ1n) is 7.85. The highest BCUT2D eigenvalue weighted by atomic mass is 32.2. The summed E-state index contributed by atoms with van der Waals surface area (Å²) in [4.78, 5) is 12.4. The van der Waals surface area contributed by atoms with Crippen LogP contribution in [0.15, 0.2) is 59.5 Å². The minimum Gasteiger partial charge on any atom is -0.493 e. The van der Waals surface area contributed by atoms with Gasteiger partial charge in [0.2, 0.25) is 5.91 Å². The molecule has 1 atom stereocenters. The highest BCUT2D eigenvalue weighted by molar-refractivity contribution is 7.91. The van der Waals surface area contributed by atoms with Gasteiger partial charge < -0.3 is 10.1 Å². The molecule has 0 bridgehead atoms. The Morgan fingerprint density at radius 1 is 1.08 bits per heavy atom. The van der Waals surface area contributed by atoms with Crippen molar-refractivity contribution in [3.63, 3.8) is 0 Å². The second-order valence-electron chi connectivity index (χ2n) is 5.68. The fourth-order valence-electron chi connectivity index (χ4n) is 2.73. The number of rotatable bonds is 5. The summed E-state index contributed by atoms with van der Waals surface area (Å²) in [7, 11) is -3.44. The van der Waals surface area contributed by atoms with E-state index in [1.165, 1.54) is 0 Å². The van der Waals surface area contributed by atoms with Crippen molar-refractivity contribution < 1.29 is 17.9 Å². The second kappa shape index (κ2) is 7.05. The number of benzene rings is 2. The van der Waals surface area contributed by atoms with Crippen molar-refractivity contribution in [3.05, 3.63) is 60.2 Å². The van der Waals surface area contributed by atoms with Crippen LogP contribution >= 0.6 is 0 Å². The van der Waals surface area contributed by atoms with Crippen molar-refractivity contribution in [2.75, 3.05) is 12.4 Å². The first-order chi connectivity index (χ1) is 11.6. The van der Waals surface area contributed by atoms with Gasteiger partial charge in [-0.05, 0) is 18.2 Å². The Labute approximate surface area is 141 Å². The second-order valence-corrected chi connectivity index (χ2v) is 7.79. The van der Waals surface area contributed by atoms with Crippen LogP contribution in [0, 0.1) is 0 Å². The van der Waals surface area contributed by atoms with Crippen molar-refractivity contribution >= 4 is 15.7 Å². The van der Waals surface area contributed by atoms with Gasteiger partial charge in [0.15, 0.2) is 9.84 Å². The average molecular weight is 345 g/mol. The van der Waals surface area contributed by atoms with Crippen LogP contribution < -0.4 is 10.1 Å². The lowest BCUT2D eigenvalue weighted by Gasteiger charge is -2.26. The highest BCUT2D eigenvalue weighted by Crippen LogP contribution is 2.31. The van der Waals surface area contributed by atoms with Gasteiger partial charge in [-0.25, -0.2) is 8.42 Å². The van der Waals surface area contributed by atoms with Crippen molar-refractivity contribution in [2.24, 2.45) is 0 Å². The molecule has 1 aliphatic heterocycles. The predicted octanol–water partition coefficient (Wildman–Crippen LogP) is 2.49. The summed E-state index contributed by atoms with van der Waals surface area (Å²) < 4.78 is 30.0. The number of para-hydroxylation sites is 1. The molecule has 3 rings (SSSR count). The average Bonchev–Trinajstić information content (AvgIpc) is 2.61. The molecular formula is C18H19NO4S. The number of carbonyl (C=O) groups is 1. The number of fused-ring (bicyclic) bond motifs is 1. The van der Waals surface area contributed by atoms with E-state index in [1.54, 1.807) is 30.3 Å². The quantitative estimate of drug-likeness (QED) is 0.904. The molecular weight excluding hydrogens is 326 g/mol. The third-order valence-electron chi connectivity index (χ3n) is 3.99. The first-order valence-corrected chi connectivity index (χ1v) is 9.50. The SMILES string of the molecule is O=C(CCS(=O)(=O)c1ccccc1)NC1CCOc2ccccc21. The third-order valence-corrected chi connectivity index (χ3v) is 5.73. The lowest BCUT2D eigenvalue weighted by Crippen LogP contribution is -2.33. The Balaban J connectivity index is 1.61. The van der Waals surface area contributed by atoms with Gasteiger partial charge >= 0.3 is 0 Å². The van der Waals surface area contributed by atoms with E-state index in [0.29, 0.717) is 13.0 Å². The fraction of sp³-hybridized carbons (Fsp3) is 0.278. The van der Waals surface area contributed by atoms with Crippen molar-refractivity contribution in [1.82, 2.24) is 5.32 Å². The molecule has 1 N–H and O–H groups in total. The number of ether oxygens (including phenoxy) is 1. The lowest BCUT2D eigenvalue weighted by atomic mass is 10.0. The minimum atomic E-state index is -3.44. The molecule has 0 aromatic heterocycles.